The zero-order valence-electron chi connectivity index (χ0n) is 16.2. The first-order valence-electron chi connectivity index (χ1n) is 9.02. The highest BCUT2D eigenvalue weighted by molar-refractivity contribution is 7.92. The lowest BCUT2D eigenvalue weighted by Crippen LogP contribution is -2.46. The van der Waals surface area contributed by atoms with Gasteiger partial charge in [-0.2, -0.15) is 0 Å². The summed E-state index contributed by atoms with van der Waals surface area (Å²) < 4.78 is 27.3. The Labute approximate surface area is 160 Å². The number of sulfonamides is 1. The summed E-state index contributed by atoms with van der Waals surface area (Å²) in [7, 11) is -2.32. The predicted molar refractivity (Wildman–Crippen MR) is 103 cm³/mol. The molecule has 8 heteroatoms. The number of hydrogen-bond donors (Lipinski definition) is 2. The summed E-state index contributed by atoms with van der Waals surface area (Å²) in [6.45, 7) is 6.04. The molecule has 2 N–H and O–H groups in total. The van der Waals surface area contributed by atoms with E-state index in [1.165, 1.54) is 36.8 Å². The monoisotopic (exact) mass is 396 g/mol. The Morgan fingerprint density at radius 1 is 1.33 bits per heavy atom. The molecule has 150 valence electrons. The van der Waals surface area contributed by atoms with Gasteiger partial charge in [-0.25, -0.2) is 13.9 Å². The van der Waals surface area contributed by atoms with Gasteiger partial charge in [0.05, 0.1) is 11.4 Å². The fourth-order valence-corrected chi connectivity index (χ4v) is 6.08. The van der Waals surface area contributed by atoms with Crippen molar-refractivity contribution in [2.45, 2.75) is 40.0 Å². The fourth-order valence-electron chi connectivity index (χ4n) is 4.21. The SMILES string of the molecule is CCC1CCC(C=O)(CS(=O)(=O)N(C)c2ccc(C(=O)NO)cc2)C1(C)C. The summed E-state index contributed by atoms with van der Waals surface area (Å²) in [6, 6.07) is 5.83. The van der Waals surface area contributed by atoms with Crippen LogP contribution < -0.4 is 9.79 Å². The van der Waals surface area contributed by atoms with Crippen LogP contribution in [0.25, 0.3) is 0 Å². The number of aldehydes is 1. The van der Waals surface area contributed by atoms with Gasteiger partial charge < -0.3 is 4.79 Å². The molecule has 0 saturated heterocycles. The molecule has 0 heterocycles. The summed E-state index contributed by atoms with van der Waals surface area (Å²) in [5, 5.41) is 8.66. The van der Waals surface area contributed by atoms with Crippen molar-refractivity contribution in [2.24, 2.45) is 16.7 Å². The molecule has 1 fully saturated rings. The average Bonchev–Trinajstić information content (AvgIpc) is 2.90. The number of nitrogens with zero attached hydrogens (tertiary/aromatic N) is 1. The first-order chi connectivity index (χ1) is 12.5. The number of carbonyl (C=O) groups excluding carboxylic acids is 2. The number of hydrogen-bond acceptors (Lipinski definition) is 5. The molecule has 2 unspecified atom stereocenters. The summed E-state index contributed by atoms with van der Waals surface area (Å²) in [4.78, 5) is 23.4. The largest absolute Gasteiger partial charge is 0.303 e. The number of benzene rings is 1. The van der Waals surface area contributed by atoms with E-state index in [0.717, 1.165) is 23.4 Å². The predicted octanol–water partition coefficient (Wildman–Crippen LogP) is 2.60. The van der Waals surface area contributed by atoms with Gasteiger partial charge in [-0.15, -0.1) is 0 Å². The minimum absolute atomic E-state index is 0.208. The summed E-state index contributed by atoms with van der Waals surface area (Å²) in [6.07, 6.45) is 3.15. The van der Waals surface area contributed by atoms with E-state index < -0.39 is 26.8 Å². The zero-order chi connectivity index (χ0) is 20.5. The molecule has 1 aromatic carbocycles. The third kappa shape index (κ3) is 3.73. The number of amides is 1. The van der Waals surface area contributed by atoms with E-state index in [0.29, 0.717) is 18.0 Å². The van der Waals surface area contributed by atoms with Crippen molar-refractivity contribution in [1.29, 1.82) is 0 Å². The van der Waals surface area contributed by atoms with E-state index in [2.05, 4.69) is 6.92 Å². The molecule has 2 rings (SSSR count). The van der Waals surface area contributed by atoms with Crippen LogP contribution in [0.5, 0.6) is 0 Å². The van der Waals surface area contributed by atoms with E-state index in [-0.39, 0.29) is 11.3 Å². The third-order valence-electron chi connectivity index (χ3n) is 6.41. The van der Waals surface area contributed by atoms with Crippen LogP contribution in [0.2, 0.25) is 0 Å². The molecule has 1 amide bonds. The van der Waals surface area contributed by atoms with E-state index in [1.54, 1.807) is 0 Å². The number of nitrogens with one attached hydrogen (secondary N) is 1. The Balaban J connectivity index is 2.29. The molecular formula is C19H28N2O5S. The maximum absolute atomic E-state index is 13.1. The molecule has 1 saturated carbocycles. The second kappa shape index (κ2) is 7.59. The molecule has 0 aromatic heterocycles. The van der Waals surface area contributed by atoms with Crippen LogP contribution in [0.1, 0.15) is 50.4 Å². The molecular weight excluding hydrogens is 368 g/mol. The smallest absolute Gasteiger partial charge is 0.274 e. The van der Waals surface area contributed by atoms with Gasteiger partial charge in [0.25, 0.3) is 5.91 Å². The molecule has 1 aliphatic rings. The minimum Gasteiger partial charge on any atom is -0.303 e. The van der Waals surface area contributed by atoms with Crippen LogP contribution in [0.15, 0.2) is 24.3 Å². The molecule has 2 atom stereocenters. The zero-order valence-corrected chi connectivity index (χ0v) is 17.0. The van der Waals surface area contributed by atoms with E-state index in [1.807, 2.05) is 13.8 Å². The lowest BCUT2D eigenvalue weighted by atomic mass is 9.66. The Morgan fingerprint density at radius 2 is 1.93 bits per heavy atom. The van der Waals surface area contributed by atoms with Crippen LogP contribution in [0, 0.1) is 16.7 Å². The maximum Gasteiger partial charge on any atom is 0.274 e. The lowest BCUT2D eigenvalue weighted by Gasteiger charge is -2.40. The van der Waals surface area contributed by atoms with Gasteiger partial charge in [0.2, 0.25) is 10.0 Å². The Kier molecular flexibility index (Phi) is 6.01. The van der Waals surface area contributed by atoms with Crippen LogP contribution in [-0.4, -0.2) is 38.6 Å². The molecule has 7 nitrogen and oxygen atoms in total. The number of rotatable bonds is 7. The van der Waals surface area contributed by atoms with Gasteiger partial charge in [0.1, 0.15) is 6.29 Å². The molecule has 0 aliphatic heterocycles. The highest BCUT2D eigenvalue weighted by Crippen LogP contribution is 2.56. The number of anilines is 1. The standard InChI is InChI=1S/C19H28N2O5S/c1-5-15-10-11-19(12-22,18(15,2)3)13-27(25,26)21(4)16-8-6-14(7-9-16)17(23)20-24/h6-9,12,15,24H,5,10-11,13H2,1-4H3,(H,20,23). The fraction of sp³-hybridized carbons (Fsp3) is 0.579. The van der Waals surface area contributed by atoms with Gasteiger partial charge in [-0.05, 0) is 48.4 Å². The first kappa shape index (κ1) is 21.4. The van der Waals surface area contributed by atoms with Gasteiger partial charge in [-0.3, -0.25) is 14.3 Å². The Hall–Kier alpha value is -1.93. The van der Waals surface area contributed by atoms with Crippen LogP contribution in [-0.2, 0) is 14.8 Å². The van der Waals surface area contributed by atoms with Gasteiger partial charge in [0.15, 0.2) is 0 Å². The summed E-state index contributed by atoms with van der Waals surface area (Å²) in [5.41, 5.74) is 0.799. The average molecular weight is 397 g/mol. The Morgan fingerprint density at radius 3 is 2.37 bits per heavy atom. The molecule has 0 bridgehead atoms. The molecule has 27 heavy (non-hydrogen) atoms. The van der Waals surface area contributed by atoms with Crippen molar-refractivity contribution in [1.82, 2.24) is 5.48 Å². The van der Waals surface area contributed by atoms with Crippen molar-refractivity contribution in [3.8, 4) is 0 Å². The van der Waals surface area contributed by atoms with Crippen molar-refractivity contribution < 1.29 is 23.2 Å². The van der Waals surface area contributed by atoms with Crippen molar-refractivity contribution in [2.75, 3.05) is 17.1 Å². The van der Waals surface area contributed by atoms with Crippen LogP contribution in [0.4, 0.5) is 5.69 Å². The van der Waals surface area contributed by atoms with Crippen LogP contribution in [0.3, 0.4) is 0 Å². The Bertz CT molecular complexity index is 804. The van der Waals surface area contributed by atoms with Gasteiger partial charge in [0, 0.05) is 18.0 Å². The van der Waals surface area contributed by atoms with Crippen molar-refractivity contribution in [3.63, 3.8) is 0 Å². The molecule has 1 aliphatic carbocycles. The molecule has 0 radical (unpaired) electrons. The molecule has 0 spiro atoms. The topological polar surface area (TPSA) is 104 Å². The summed E-state index contributed by atoms with van der Waals surface area (Å²) >= 11 is 0. The molecule has 1 aromatic rings. The second-order valence-electron chi connectivity index (χ2n) is 7.85. The van der Waals surface area contributed by atoms with E-state index >= 15 is 0 Å². The first-order valence-corrected chi connectivity index (χ1v) is 10.6. The van der Waals surface area contributed by atoms with E-state index in [4.69, 9.17) is 5.21 Å². The minimum atomic E-state index is -3.76. The third-order valence-corrected chi connectivity index (χ3v) is 8.34. The van der Waals surface area contributed by atoms with Gasteiger partial charge in [-0.1, -0.05) is 27.2 Å². The second-order valence-corrected chi connectivity index (χ2v) is 9.85. The highest BCUT2D eigenvalue weighted by atomic mass is 32.2. The lowest BCUT2D eigenvalue weighted by molar-refractivity contribution is -0.120. The maximum atomic E-state index is 13.1. The van der Waals surface area contributed by atoms with Crippen molar-refractivity contribution >= 4 is 27.9 Å². The summed E-state index contributed by atoms with van der Waals surface area (Å²) in [5.74, 6) is -0.618. The quantitative estimate of drug-likeness (QED) is 0.419. The highest BCUT2D eigenvalue weighted by Gasteiger charge is 2.56. The number of hydroxylamine groups is 1. The van der Waals surface area contributed by atoms with Gasteiger partial charge >= 0.3 is 0 Å². The normalized spacial score (nSPS) is 24.4. The van der Waals surface area contributed by atoms with E-state index in [9.17, 15) is 18.0 Å². The van der Waals surface area contributed by atoms with Crippen molar-refractivity contribution in [3.05, 3.63) is 29.8 Å². The number of carbonyl (C=O) groups is 2. The van der Waals surface area contributed by atoms with Crippen LogP contribution >= 0.6 is 0 Å².